The van der Waals surface area contributed by atoms with E-state index in [2.05, 4.69) is 5.16 Å². The number of fused-ring (bicyclic) bond motifs is 1. The number of carbonyl (C=O) groups excluding carboxylic acids is 4. The fourth-order valence-corrected chi connectivity index (χ4v) is 5.68. The van der Waals surface area contributed by atoms with E-state index in [1.807, 2.05) is 6.92 Å². The molecule has 0 saturated carbocycles. The molecule has 0 aromatic rings. The van der Waals surface area contributed by atoms with Crippen LogP contribution in [0.15, 0.2) is 5.16 Å². The predicted octanol–water partition coefficient (Wildman–Crippen LogP) is 2.18. The van der Waals surface area contributed by atoms with Crippen LogP contribution in [0, 0.1) is 35.5 Å². The molecule has 0 amide bonds. The fraction of sp³-hybridized carbons (Fsp3) is 0.800. The molecule has 0 aromatic carbocycles. The number of ketones is 2. The van der Waals surface area contributed by atoms with Crippen molar-refractivity contribution in [3.05, 3.63) is 0 Å². The highest BCUT2D eigenvalue weighted by atomic mass is 31.1. The summed E-state index contributed by atoms with van der Waals surface area (Å²) in [7, 11) is 0.972. The smallest absolute Gasteiger partial charge is 0.317 e. The number of rotatable bonds is 5. The zero-order valence-corrected chi connectivity index (χ0v) is 23.9. The average molecular weight is 545 g/mol. The summed E-state index contributed by atoms with van der Waals surface area (Å²) in [5.74, 6) is -7.55. The Morgan fingerprint density at radius 3 is 2.19 bits per heavy atom. The van der Waals surface area contributed by atoms with Crippen molar-refractivity contribution in [2.75, 3.05) is 13.7 Å². The number of cyclic esters (lactones) is 1. The van der Waals surface area contributed by atoms with Crippen LogP contribution in [0.2, 0.25) is 0 Å². The molecule has 0 radical (unpaired) electrons. The summed E-state index contributed by atoms with van der Waals surface area (Å²) in [5, 5.41) is 3.82. The molecule has 2 saturated heterocycles. The van der Waals surface area contributed by atoms with Gasteiger partial charge in [0.2, 0.25) is 0 Å². The lowest BCUT2D eigenvalue weighted by molar-refractivity contribution is -0.169. The Bertz CT molecular complexity index is 928. The van der Waals surface area contributed by atoms with E-state index >= 15 is 0 Å². The molecule has 210 valence electrons. The third-order valence-corrected chi connectivity index (χ3v) is 8.15. The number of amidine groups is 1. The first-order valence-corrected chi connectivity index (χ1v) is 13.5. The Morgan fingerprint density at radius 1 is 1.08 bits per heavy atom. The van der Waals surface area contributed by atoms with Gasteiger partial charge in [-0.05, 0) is 40.5 Å². The van der Waals surface area contributed by atoms with Crippen molar-refractivity contribution >= 4 is 38.1 Å². The van der Waals surface area contributed by atoms with E-state index < -0.39 is 73.3 Å². The minimum absolute atomic E-state index is 0.155. The van der Waals surface area contributed by atoms with Crippen LogP contribution in [-0.2, 0) is 38.2 Å². The number of esters is 2. The lowest BCUT2D eigenvalue weighted by Gasteiger charge is -2.37. The van der Waals surface area contributed by atoms with E-state index in [0.717, 1.165) is 0 Å². The van der Waals surface area contributed by atoms with Crippen molar-refractivity contribution in [3.63, 3.8) is 0 Å². The molecule has 2 aliphatic heterocycles. The largest absolute Gasteiger partial charge is 0.461 e. The minimum atomic E-state index is -1.42. The molecule has 2 aliphatic rings. The van der Waals surface area contributed by atoms with Crippen molar-refractivity contribution in [1.29, 1.82) is 0 Å². The second-order valence-electron chi connectivity index (χ2n) is 10.9. The Balaban J connectivity index is 2.55. The number of ether oxygens (including phenoxy) is 3. The van der Waals surface area contributed by atoms with Gasteiger partial charge in [0.15, 0.2) is 11.7 Å². The molecule has 0 spiro atoms. The molecule has 37 heavy (non-hydrogen) atoms. The molecular formula is C25H41N2O9P. The summed E-state index contributed by atoms with van der Waals surface area (Å²) in [6.45, 7) is 11.3. The zero-order chi connectivity index (χ0) is 28.3. The zero-order valence-electron chi connectivity index (χ0n) is 22.9. The average Bonchev–Trinajstić information content (AvgIpc) is 3.12. The molecule has 0 bridgehead atoms. The molecule has 2 rings (SSSR count). The second-order valence-corrected chi connectivity index (χ2v) is 12.0. The number of hydrogen-bond donors (Lipinski definition) is 2. The van der Waals surface area contributed by atoms with Gasteiger partial charge < -0.3 is 29.7 Å². The Labute approximate surface area is 220 Å². The number of hydrogen-bond acceptors (Lipinski definition) is 10. The molecule has 3 N–H and O–H groups in total. The first-order chi connectivity index (χ1) is 17.1. The van der Waals surface area contributed by atoms with E-state index in [-0.39, 0.29) is 24.0 Å². The van der Waals surface area contributed by atoms with Gasteiger partial charge in [0, 0.05) is 30.8 Å². The number of methoxy groups -OCH3 is 1. The van der Waals surface area contributed by atoms with Crippen LogP contribution in [0.5, 0.6) is 0 Å². The number of oxime groups is 1. The molecule has 11 nitrogen and oxygen atoms in total. The number of nitrogens with zero attached hydrogens (tertiary/aromatic N) is 1. The molecule has 0 aromatic heterocycles. The Morgan fingerprint density at radius 2 is 1.65 bits per heavy atom. The maximum absolute atomic E-state index is 13.7. The SMILES string of the molecule is CO[C@@]1(C)C[C@@H](C)C(=O)C(C)C(=O)OC[C@]2(C)OC(=O)C(/C(N)=N/OC(C)PO)[C@@H]2[C@@H](C)C(=O)[C@H](C)C1. The summed E-state index contributed by atoms with van der Waals surface area (Å²) in [6, 6.07) is 0. The third-order valence-electron chi connectivity index (χ3n) is 7.68. The van der Waals surface area contributed by atoms with Crippen molar-refractivity contribution in [2.24, 2.45) is 46.4 Å². The molecule has 12 heteroatoms. The van der Waals surface area contributed by atoms with Crippen molar-refractivity contribution in [1.82, 2.24) is 0 Å². The van der Waals surface area contributed by atoms with Gasteiger partial charge in [0.05, 0.1) is 14.4 Å². The van der Waals surface area contributed by atoms with Crippen LogP contribution in [0.1, 0.15) is 61.3 Å². The van der Waals surface area contributed by atoms with E-state index in [1.165, 1.54) is 14.0 Å². The molecule has 0 aliphatic carbocycles. The maximum atomic E-state index is 13.7. The summed E-state index contributed by atoms with van der Waals surface area (Å²) in [5.41, 5.74) is 3.93. The van der Waals surface area contributed by atoms with Gasteiger partial charge in [-0.25, -0.2) is 0 Å². The Kier molecular flexibility index (Phi) is 10.2. The molecule has 10 atom stereocenters. The third kappa shape index (κ3) is 6.86. The number of nitrogens with two attached hydrogens (primary N) is 1. The predicted molar refractivity (Wildman–Crippen MR) is 136 cm³/mol. The maximum Gasteiger partial charge on any atom is 0.317 e. The summed E-state index contributed by atoms with van der Waals surface area (Å²) >= 11 is 0. The van der Waals surface area contributed by atoms with Crippen molar-refractivity contribution in [3.8, 4) is 0 Å². The lowest BCUT2D eigenvalue weighted by atomic mass is 9.69. The van der Waals surface area contributed by atoms with E-state index in [1.54, 1.807) is 34.6 Å². The number of carbonyl (C=O) groups is 4. The van der Waals surface area contributed by atoms with Gasteiger partial charge in [-0.3, -0.25) is 19.2 Å². The molecule has 4 unspecified atom stereocenters. The topological polar surface area (TPSA) is 164 Å². The fourth-order valence-electron chi connectivity index (χ4n) is 5.58. The Hall–Kier alpha value is -2.10. The van der Waals surface area contributed by atoms with Gasteiger partial charge >= 0.3 is 11.9 Å². The quantitative estimate of drug-likeness (QED) is 0.131. The second kappa shape index (κ2) is 12.2. The van der Waals surface area contributed by atoms with Gasteiger partial charge in [-0.2, -0.15) is 0 Å². The van der Waals surface area contributed by atoms with Crippen LogP contribution >= 0.6 is 8.81 Å². The van der Waals surface area contributed by atoms with Crippen LogP contribution in [0.3, 0.4) is 0 Å². The summed E-state index contributed by atoms with van der Waals surface area (Å²) in [6.07, 6.45) is 0.644. The van der Waals surface area contributed by atoms with E-state index in [0.29, 0.717) is 12.8 Å². The van der Waals surface area contributed by atoms with Gasteiger partial charge in [0.1, 0.15) is 35.6 Å². The molecule has 2 heterocycles. The summed E-state index contributed by atoms with van der Waals surface area (Å²) in [4.78, 5) is 67.0. The highest BCUT2D eigenvalue weighted by Gasteiger charge is 2.59. The molecule has 2 fully saturated rings. The van der Waals surface area contributed by atoms with E-state index in [9.17, 15) is 24.1 Å². The standard InChI is InChI=1S/C25H41N2O9P/c1-12-9-24(6,33-8)10-13(2)20(29)15(4)22(30)34-11-25(7)18(14(3)19(12)28)17(23(31)35-25)21(26)27-36-16(5)37-32/h12-18,32,37H,9-11H2,1-8H3,(H2,26,27)/t12-,13-,14-,15?,16?,17?,18+,24-,25+/m1/s1. The van der Waals surface area contributed by atoms with Gasteiger partial charge in [0.25, 0.3) is 0 Å². The van der Waals surface area contributed by atoms with Crippen LogP contribution < -0.4 is 5.73 Å². The molecular weight excluding hydrogens is 503 g/mol. The van der Waals surface area contributed by atoms with Crippen molar-refractivity contribution in [2.45, 2.75) is 78.4 Å². The van der Waals surface area contributed by atoms with Crippen LogP contribution in [-0.4, -0.2) is 65.0 Å². The van der Waals surface area contributed by atoms with Crippen molar-refractivity contribution < 1.29 is 43.1 Å². The highest BCUT2D eigenvalue weighted by Crippen LogP contribution is 2.44. The normalized spacial score (nSPS) is 39.6. The minimum Gasteiger partial charge on any atom is -0.461 e. The van der Waals surface area contributed by atoms with Crippen LogP contribution in [0.4, 0.5) is 0 Å². The first-order valence-electron chi connectivity index (χ1n) is 12.5. The van der Waals surface area contributed by atoms with Gasteiger partial charge in [-0.1, -0.05) is 25.9 Å². The number of Topliss-reactive ketones (excluding diaryl/α,β-unsaturated/α-hetero) is 2. The van der Waals surface area contributed by atoms with Crippen LogP contribution in [0.25, 0.3) is 0 Å². The first kappa shape index (κ1) is 31.1. The monoisotopic (exact) mass is 544 g/mol. The summed E-state index contributed by atoms with van der Waals surface area (Å²) < 4.78 is 16.9. The lowest BCUT2D eigenvalue weighted by Crippen LogP contribution is -2.49. The van der Waals surface area contributed by atoms with Gasteiger partial charge in [-0.15, -0.1) is 0 Å². The van der Waals surface area contributed by atoms with E-state index in [4.69, 9.17) is 24.8 Å². The highest BCUT2D eigenvalue weighted by molar-refractivity contribution is 7.31.